The first-order chi connectivity index (χ1) is 13.2. The van der Waals surface area contributed by atoms with E-state index in [0.717, 1.165) is 45.0 Å². The third-order valence-corrected chi connectivity index (χ3v) is 5.30. The van der Waals surface area contributed by atoms with Crippen LogP contribution in [-0.4, -0.2) is 12.5 Å². The molecule has 1 atom stereocenters. The molecule has 1 amide bonds. The van der Waals surface area contributed by atoms with E-state index in [0.29, 0.717) is 12.4 Å². The van der Waals surface area contributed by atoms with Gasteiger partial charge in [0.25, 0.3) is 5.91 Å². The third-order valence-electron chi connectivity index (χ3n) is 5.30. The van der Waals surface area contributed by atoms with Crippen molar-refractivity contribution in [2.24, 2.45) is 0 Å². The first-order valence-electron chi connectivity index (χ1n) is 9.16. The van der Waals surface area contributed by atoms with Gasteiger partial charge in [-0.15, -0.1) is 0 Å². The number of benzene rings is 3. The molecule has 4 aromatic rings. The van der Waals surface area contributed by atoms with Gasteiger partial charge in [-0.05, 0) is 18.4 Å². The minimum absolute atomic E-state index is 0.0770. The van der Waals surface area contributed by atoms with E-state index in [1.807, 2.05) is 61.5 Å². The molecular formula is C23H19NO3. The molecule has 4 nitrogen and oxygen atoms in total. The molecule has 1 N–H and O–H groups in total. The number of furan rings is 1. The monoisotopic (exact) mass is 357 g/mol. The van der Waals surface area contributed by atoms with Crippen molar-refractivity contribution in [1.82, 2.24) is 5.32 Å². The van der Waals surface area contributed by atoms with Gasteiger partial charge in [0, 0.05) is 28.3 Å². The lowest BCUT2D eigenvalue weighted by Gasteiger charge is -2.26. The van der Waals surface area contributed by atoms with Crippen molar-refractivity contribution in [2.45, 2.75) is 19.4 Å². The topological polar surface area (TPSA) is 51.5 Å². The van der Waals surface area contributed by atoms with E-state index in [4.69, 9.17) is 9.15 Å². The van der Waals surface area contributed by atoms with E-state index in [-0.39, 0.29) is 11.9 Å². The number of aryl methyl sites for hydroxylation is 1. The lowest BCUT2D eigenvalue weighted by molar-refractivity contribution is 0.0898. The summed E-state index contributed by atoms with van der Waals surface area (Å²) in [7, 11) is 0. The summed E-state index contributed by atoms with van der Waals surface area (Å²) in [6, 6.07) is 19.9. The fraction of sp³-hybridized carbons (Fsp3) is 0.174. The molecule has 0 aliphatic carbocycles. The zero-order valence-corrected chi connectivity index (χ0v) is 15.0. The van der Waals surface area contributed by atoms with Crippen molar-refractivity contribution >= 4 is 27.6 Å². The summed E-state index contributed by atoms with van der Waals surface area (Å²) in [5, 5.41) is 6.23. The van der Waals surface area contributed by atoms with Gasteiger partial charge in [0.2, 0.25) is 0 Å². The molecule has 5 rings (SSSR count). The summed E-state index contributed by atoms with van der Waals surface area (Å²) in [4.78, 5) is 13.0. The quantitative estimate of drug-likeness (QED) is 0.540. The van der Waals surface area contributed by atoms with Crippen LogP contribution in [-0.2, 0) is 0 Å². The Morgan fingerprint density at radius 2 is 1.81 bits per heavy atom. The maximum Gasteiger partial charge on any atom is 0.287 e. The lowest BCUT2D eigenvalue weighted by Crippen LogP contribution is -2.32. The highest BCUT2D eigenvalue weighted by molar-refractivity contribution is 6.08. The predicted molar refractivity (Wildman–Crippen MR) is 105 cm³/mol. The van der Waals surface area contributed by atoms with Gasteiger partial charge in [0.05, 0.1) is 12.6 Å². The summed E-state index contributed by atoms with van der Waals surface area (Å²) in [5.41, 5.74) is 2.65. The summed E-state index contributed by atoms with van der Waals surface area (Å²) in [5.74, 6) is 1.03. The minimum atomic E-state index is -0.186. The van der Waals surface area contributed by atoms with Crippen LogP contribution < -0.4 is 10.1 Å². The van der Waals surface area contributed by atoms with E-state index in [1.165, 1.54) is 0 Å². The first-order valence-corrected chi connectivity index (χ1v) is 9.16. The van der Waals surface area contributed by atoms with Gasteiger partial charge in [-0.2, -0.15) is 0 Å². The predicted octanol–water partition coefficient (Wildman–Crippen LogP) is 5.15. The fourth-order valence-corrected chi connectivity index (χ4v) is 3.88. The van der Waals surface area contributed by atoms with Crippen molar-refractivity contribution in [2.75, 3.05) is 6.61 Å². The van der Waals surface area contributed by atoms with Gasteiger partial charge in [-0.25, -0.2) is 0 Å². The van der Waals surface area contributed by atoms with Gasteiger partial charge in [-0.3, -0.25) is 4.79 Å². The Morgan fingerprint density at radius 3 is 2.74 bits per heavy atom. The van der Waals surface area contributed by atoms with Crippen LogP contribution in [0.3, 0.4) is 0 Å². The molecule has 27 heavy (non-hydrogen) atoms. The molecular weight excluding hydrogens is 338 g/mol. The van der Waals surface area contributed by atoms with Gasteiger partial charge < -0.3 is 14.5 Å². The van der Waals surface area contributed by atoms with Crippen molar-refractivity contribution in [3.8, 4) is 5.75 Å². The third kappa shape index (κ3) is 2.56. The molecule has 1 aliphatic heterocycles. The highest BCUT2D eigenvalue weighted by atomic mass is 16.5. The van der Waals surface area contributed by atoms with Crippen molar-refractivity contribution in [1.29, 1.82) is 0 Å². The average Bonchev–Trinajstić information content (AvgIpc) is 3.05. The number of hydrogen-bond donors (Lipinski definition) is 1. The van der Waals surface area contributed by atoms with Crippen LogP contribution in [0, 0.1) is 6.92 Å². The summed E-state index contributed by atoms with van der Waals surface area (Å²) >= 11 is 0. The molecule has 0 unspecified atom stereocenters. The highest BCUT2D eigenvalue weighted by Crippen LogP contribution is 2.34. The van der Waals surface area contributed by atoms with Crippen LogP contribution in [0.1, 0.15) is 34.1 Å². The summed E-state index contributed by atoms with van der Waals surface area (Å²) in [6.07, 6.45) is 0.741. The molecule has 3 aromatic carbocycles. The largest absolute Gasteiger partial charge is 0.493 e. The molecule has 2 heterocycles. The number of hydrogen-bond acceptors (Lipinski definition) is 3. The number of para-hydroxylation sites is 1. The van der Waals surface area contributed by atoms with Crippen LogP contribution >= 0.6 is 0 Å². The number of nitrogens with one attached hydrogen (secondary N) is 1. The van der Waals surface area contributed by atoms with Crippen molar-refractivity contribution in [3.63, 3.8) is 0 Å². The van der Waals surface area contributed by atoms with Crippen LogP contribution in [0.5, 0.6) is 5.75 Å². The van der Waals surface area contributed by atoms with Gasteiger partial charge in [0.1, 0.15) is 11.3 Å². The fourth-order valence-electron chi connectivity index (χ4n) is 3.88. The van der Waals surface area contributed by atoms with E-state index in [2.05, 4.69) is 11.4 Å². The molecule has 0 fully saturated rings. The maximum atomic E-state index is 13.0. The molecule has 4 heteroatoms. The Bertz CT molecular complexity index is 1170. The highest BCUT2D eigenvalue weighted by Gasteiger charge is 2.26. The maximum absolute atomic E-state index is 13.0. The number of amides is 1. The molecule has 1 aliphatic rings. The second-order valence-corrected chi connectivity index (χ2v) is 6.92. The van der Waals surface area contributed by atoms with Crippen molar-refractivity contribution in [3.05, 3.63) is 77.6 Å². The molecule has 134 valence electrons. The minimum Gasteiger partial charge on any atom is -0.493 e. The molecule has 0 bridgehead atoms. The van der Waals surface area contributed by atoms with Gasteiger partial charge in [-0.1, -0.05) is 54.6 Å². The van der Waals surface area contributed by atoms with Gasteiger partial charge >= 0.3 is 0 Å². The van der Waals surface area contributed by atoms with E-state index in [9.17, 15) is 4.79 Å². The lowest BCUT2D eigenvalue weighted by atomic mass is 10.0. The molecule has 1 aromatic heterocycles. The smallest absolute Gasteiger partial charge is 0.287 e. The summed E-state index contributed by atoms with van der Waals surface area (Å²) in [6.45, 7) is 2.53. The van der Waals surface area contributed by atoms with Crippen LogP contribution in [0.15, 0.2) is 65.1 Å². The zero-order chi connectivity index (χ0) is 18.4. The molecule has 0 saturated heterocycles. The first kappa shape index (κ1) is 15.9. The van der Waals surface area contributed by atoms with E-state index < -0.39 is 0 Å². The van der Waals surface area contributed by atoms with Gasteiger partial charge in [0.15, 0.2) is 5.76 Å². The number of carbonyl (C=O) groups excluding carboxylic acids is 1. The Morgan fingerprint density at radius 1 is 1.00 bits per heavy atom. The Kier molecular flexibility index (Phi) is 3.64. The van der Waals surface area contributed by atoms with Crippen LogP contribution in [0.4, 0.5) is 0 Å². The van der Waals surface area contributed by atoms with Crippen molar-refractivity contribution < 1.29 is 13.9 Å². The van der Waals surface area contributed by atoms with Crippen LogP contribution in [0.2, 0.25) is 0 Å². The number of ether oxygens (including phenoxy) is 1. The van der Waals surface area contributed by atoms with Crippen LogP contribution in [0.25, 0.3) is 21.7 Å². The normalized spacial score (nSPS) is 16.1. The summed E-state index contributed by atoms with van der Waals surface area (Å²) < 4.78 is 11.7. The second-order valence-electron chi connectivity index (χ2n) is 6.92. The number of rotatable bonds is 2. The Balaban J connectivity index is 1.53. The van der Waals surface area contributed by atoms with E-state index >= 15 is 0 Å². The number of fused-ring (bicyclic) bond motifs is 4. The Hall–Kier alpha value is -3.27. The zero-order valence-electron chi connectivity index (χ0n) is 15.0. The second kappa shape index (κ2) is 6.16. The molecule has 0 spiro atoms. The van der Waals surface area contributed by atoms with E-state index in [1.54, 1.807) is 0 Å². The average molecular weight is 357 g/mol. The molecule has 0 saturated carbocycles. The SMILES string of the molecule is Cc1c(C(=O)N[C@@H]2CCOc3ccccc32)oc2c1ccc1ccccc12. The Labute approximate surface area is 156 Å². The standard InChI is InChI=1S/C23H19NO3/c1-14-16-11-10-15-6-2-3-7-17(15)22(16)27-21(14)23(25)24-19-12-13-26-20-9-5-4-8-18(19)20/h2-11,19H,12-13H2,1H3,(H,24,25)/t19-/m1/s1. The number of carbonyl (C=O) groups is 1. The molecule has 0 radical (unpaired) electrons.